The molecule has 2 rings (SSSR count). The van der Waals surface area contributed by atoms with Gasteiger partial charge in [-0.2, -0.15) is 0 Å². The van der Waals surface area contributed by atoms with E-state index in [4.69, 9.17) is 4.99 Å². The minimum absolute atomic E-state index is 0.0563. The molecule has 0 radical (unpaired) electrons. The van der Waals surface area contributed by atoms with Crippen LogP contribution in [0.3, 0.4) is 0 Å². The van der Waals surface area contributed by atoms with Crippen molar-refractivity contribution in [1.29, 1.82) is 0 Å². The van der Waals surface area contributed by atoms with Gasteiger partial charge in [0.1, 0.15) is 0 Å². The van der Waals surface area contributed by atoms with E-state index in [0.29, 0.717) is 12.5 Å². The van der Waals surface area contributed by atoms with Crippen molar-refractivity contribution < 1.29 is 4.79 Å². The molecular weight excluding hydrogens is 300 g/mol. The summed E-state index contributed by atoms with van der Waals surface area (Å²) in [6, 6.07) is 10.2. The van der Waals surface area contributed by atoms with Crippen LogP contribution in [0.15, 0.2) is 35.3 Å². The van der Waals surface area contributed by atoms with Crippen LogP contribution in [0.25, 0.3) is 0 Å². The zero-order valence-electron chi connectivity index (χ0n) is 15.3. The van der Waals surface area contributed by atoms with Crippen molar-refractivity contribution in [3.63, 3.8) is 0 Å². The Morgan fingerprint density at radius 1 is 1.25 bits per heavy atom. The van der Waals surface area contributed by atoms with Gasteiger partial charge in [0.25, 0.3) is 0 Å². The molecule has 1 aliphatic rings. The molecule has 1 aliphatic heterocycles. The SMILES string of the molecule is CC1CCN(C(=NCc2ccccc2)NCC(=O)N(C)C)CC1C. The molecule has 1 amide bonds. The number of likely N-dealkylation sites (tertiary alicyclic amines) is 1. The number of guanidine groups is 1. The van der Waals surface area contributed by atoms with Crippen LogP contribution in [-0.4, -0.2) is 55.4 Å². The highest BCUT2D eigenvalue weighted by molar-refractivity contribution is 5.86. The molecule has 5 nitrogen and oxygen atoms in total. The fraction of sp³-hybridized carbons (Fsp3) is 0.579. The molecule has 0 aromatic heterocycles. The largest absolute Gasteiger partial charge is 0.347 e. The molecule has 2 unspecified atom stereocenters. The summed E-state index contributed by atoms with van der Waals surface area (Å²) >= 11 is 0. The first-order valence-corrected chi connectivity index (χ1v) is 8.74. The zero-order valence-corrected chi connectivity index (χ0v) is 15.3. The van der Waals surface area contributed by atoms with Crippen LogP contribution < -0.4 is 5.32 Å². The Morgan fingerprint density at radius 2 is 1.96 bits per heavy atom. The van der Waals surface area contributed by atoms with Crippen LogP contribution in [-0.2, 0) is 11.3 Å². The smallest absolute Gasteiger partial charge is 0.241 e. The van der Waals surface area contributed by atoms with Gasteiger partial charge in [-0.3, -0.25) is 4.79 Å². The van der Waals surface area contributed by atoms with E-state index >= 15 is 0 Å². The molecule has 1 fully saturated rings. The van der Waals surface area contributed by atoms with Crippen molar-refractivity contribution in [2.24, 2.45) is 16.8 Å². The second kappa shape index (κ2) is 8.71. The first kappa shape index (κ1) is 18.3. The summed E-state index contributed by atoms with van der Waals surface area (Å²) in [4.78, 5) is 20.6. The van der Waals surface area contributed by atoms with Gasteiger partial charge in [0.15, 0.2) is 5.96 Å². The van der Waals surface area contributed by atoms with E-state index in [9.17, 15) is 4.79 Å². The lowest BCUT2D eigenvalue weighted by Crippen LogP contribution is -2.50. The Morgan fingerprint density at radius 3 is 2.58 bits per heavy atom. The number of piperidine rings is 1. The summed E-state index contributed by atoms with van der Waals surface area (Å²) in [5, 5.41) is 3.26. The molecule has 1 saturated heterocycles. The maximum Gasteiger partial charge on any atom is 0.241 e. The van der Waals surface area contributed by atoms with Crippen LogP contribution in [0, 0.1) is 11.8 Å². The lowest BCUT2D eigenvalue weighted by Gasteiger charge is -2.37. The van der Waals surface area contributed by atoms with Crippen molar-refractivity contribution in [3.05, 3.63) is 35.9 Å². The fourth-order valence-corrected chi connectivity index (χ4v) is 2.79. The maximum absolute atomic E-state index is 11.9. The molecule has 0 spiro atoms. The average molecular weight is 330 g/mol. The van der Waals surface area contributed by atoms with Crippen LogP contribution in [0.4, 0.5) is 0 Å². The van der Waals surface area contributed by atoms with E-state index in [0.717, 1.165) is 31.4 Å². The third-order valence-electron chi connectivity index (χ3n) is 4.78. The van der Waals surface area contributed by atoms with Gasteiger partial charge in [-0.25, -0.2) is 4.99 Å². The van der Waals surface area contributed by atoms with Crippen molar-refractivity contribution in [2.45, 2.75) is 26.8 Å². The third kappa shape index (κ3) is 5.25. The predicted octanol–water partition coefficient (Wildman–Crippen LogP) is 2.20. The third-order valence-corrected chi connectivity index (χ3v) is 4.78. The van der Waals surface area contributed by atoms with Gasteiger partial charge in [-0.1, -0.05) is 44.2 Å². The molecule has 0 bridgehead atoms. The number of benzene rings is 1. The van der Waals surface area contributed by atoms with Crippen molar-refractivity contribution in [3.8, 4) is 0 Å². The molecular formula is C19H30N4O. The van der Waals surface area contributed by atoms with Gasteiger partial charge in [-0.05, 0) is 23.8 Å². The Kier molecular flexibility index (Phi) is 6.64. The van der Waals surface area contributed by atoms with Crippen molar-refractivity contribution in [1.82, 2.24) is 15.1 Å². The number of carbonyl (C=O) groups excluding carboxylic acids is 1. The molecule has 1 aromatic carbocycles. The summed E-state index contributed by atoms with van der Waals surface area (Å²) in [5.74, 6) is 2.26. The summed E-state index contributed by atoms with van der Waals surface area (Å²) in [7, 11) is 3.55. The number of nitrogens with zero attached hydrogens (tertiary/aromatic N) is 3. The maximum atomic E-state index is 11.9. The van der Waals surface area contributed by atoms with Gasteiger partial charge in [0.05, 0.1) is 13.1 Å². The number of rotatable bonds is 4. The Hall–Kier alpha value is -2.04. The number of hydrogen-bond acceptors (Lipinski definition) is 2. The standard InChI is InChI=1S/C19H30N4O/c1-15-10-11-23(14-16(15)2)19(21-13-18(24)22(3)4)20-12-17-8-6-5-7-9-17/h5-9,15-16H,10-14H2,1-4H3,(H,20,21). The summed E-state index contributed by atoms with van der Waals surface area (Å²) < 4.78 is 0. The number of likely N-dealkylation sites (N-methyl/N-ethyl adjacent to an activating group) is 1. The summed E-state index contributed by atoms with van der Waals surface area (Å²) in [5.41, 5.74) is 1.18. The highest BCUT2D eigenvalue weighted by atomic mass is 16.2. The van der Waals surface area contributed by atoms with Crippen molar-refractivity contribution in [2.75, 3.05) is 33.7 Å². The Bertz CT molecular complexity index is 556. The number of amides is 1. The second-order valence-electron chi connectivity index (χ2n) is 6.96. The molecule has 24 heavy (non-hydrogen) atoms. The van der Waals surface area contributed by atoms with Crippen LogP contribution in [0.2, 0.25) is 0 Å². The predicted molar refractivity (Wildman–Crippen MR) is 98.8 cm³/mol. The summed E-state index contributed by atoms with van der Waals surface area (Å²) in [6.07, 6.45) is 1.16. The molecule has 2 atom stereocenters. The lowest BCUT2D eigenvalue weighted by atomic mass is 9.89. The number of hydrogen-bond donors (Lipinski definition) is 1. The van der Waals surface area contributed by atoms with Crippen LogP contribution in [0.1, 0.15) is 25.8 Å². The second-order valence-corrected chi connectivity index (χ2v) is 6.96. The van der Waals surface area contributed by atoms with Gasteiger partial charge < -0.3 is 15.1 Å². The first-order valence-electron chi connectivity index (χ1n) is 8.74. The van der Waals surface area contributed by atoms with E-state index in [1.165, 1.54) is 5.56 Å². The number of carbonyl (C=O) groups is 1. The minimum Gasteiger partial charge on any atom is -0.347 e. The van der Waals surface area contributed by atoms with E-state index in [1.54, 1.807) is 19.0 Å². The Labute approximate surface area is 145 Å². The number of nitrogens with one attached hydrogen (secondary N) is 1. The molecule has 0 saturated carbocycles. The monoisotopic (exact) mass is 330 g/mol. The molecule has 1 N–H and O–H groups in total. The van der Waals surface area contributed by atoms with E-state index < -0.39 is 0 Å². The highest BCUT2D eigenvalue weighted by Gasteiger charge is 2.25. The average Bonchev–Trinajstić information content (AvgIpc) is 2.58. The molecule has 5 heteroatoms. The van der Waals surface area contributed by atoms with Gasteiger partial charge in [0.2, 0.25) is 5.91 Å². The topological polar surface area (TPSA) is 47.9 Å². The van der Waals surface area contributed by atoms with Gasteiger partial charge >= 0.3 is 0 Å². The van der Waals surface area contributed by atoms with E-state index in [2.05, 4.69) is 36.2 Å². The molecule has 0 aliphatic carbocycles. The molecule has 132 valence electrons. The Balaban J connectivity index is 2.07. The van der Waals surface area contributed by atoms with Crippen LogP contribution >= 0.6 is 0 Å². The zero-order chi connectivity index (χ0) is 17.5. The lowest BCUT2D eigenvalue weighted by molar-refractivity contribution is -0.127. The fourth-order valence-electron chi connectivity index (χ4n) is 2.79. The summed E-state index contributed by atoms with van der Waals surface area (Å²) in [6.45, 7) is 7.48. The minimum atomic E-state index is 0.0563. The highest BCUT2D eigenvalue weighted by Crippen LogP contribution is 2.22. The molecule has 1 aromatic rings. The van der Waals surface area contributed by atoms with Gasteiger partial charge in [0, 0.05) is 27.2 Å². The number of aliphatic imine (C=N–C) groups is 1. The first-order chi connectivity index (χ1) is 11.5. The molecule has 1 heterocycles. The van der Waals surface area contributed by atoms with Crippen molar-refractivity contribution >= 4 is 11.9 Å². The van der Waals surface area contributed by atoms with Crippen LogP contribution in [0.5, 0.6) is 0 Å². The quantitative estimate of drug-likeness (QED) is 0.680. The van der Waals surface area contributed by atoms with E-state index in [-0.39, 0.29) is 12.5 Å². The normalized spacial score (nSPS) is 21.5. The van der Waals surface area contributed by atoms with Gasteiger partial charge in [-0.15, -0.1) is 0 Å². The van der Waals surface area contributed by atoms with E-state index in [1.807, 2.05) is 18.2 Å².